The molecule has 6 nitrogen and oxygen atoms in total. The summed E-state index contributed by atoms with van der Waals surface area (Å²) < 4.78 is 5.06. The van der Waals surface area contributed by atoms with E-state index in [4.69, 9.17) is 4.74 Å². The number of fused-ring (bicyclic) bond motifs is 1. The highest BCUT2D eigenvalue weighted by Crippen LogP contribution is 2.29. The molecular formula is C24H31N3O3. The molecular weight excluding hydrogens is 378 g/mol. The Kier molecular flexibility index (Phi) is 7.85. The van der Waals surface area contributed by atoms with Crippen LogP contribution in [0.3, 0.4) is 0 Å². The van der Waals surface area contributed by atoms with E-state index >= 15 is 0 Å². The van der Waals surface area contributed by atoms with Crippen LogP contribution < -0.4 is 15.5 Å². The molecule has 3 rings (SSSR count). The van der Waals surface area contributed by atoms with Crippen molar-refractivity contribution >= 4 is 23.2 Å². The molecule has 0 radical (unpaired) electrons. The second kappa shape index (κ2) is 10.8. The quantitative estimate of drug-likeness (QED) is 0.619. The number of rotatable bonds is 9. The monoisotopic (exact) mass is 409 g/mol. The third-order valence-corrected chi connectivity index (χ3v) is 5.28. The highest BCUT2D eigenvalue weighted by atomic mass is 16.5. The molecule has 2 amide bonds. The molecule has 2 aromatic carbocycles. The van der Waals surface area contributed by atoms with Crippen LogP contribution >= 0.6 is 0 Å². The molecule has 0 saturated carbocycles. The van der Waals surface area contributed by atoms with E-state index in [1.807, 2.05) is 19.1 Å². The molecule has 0 aliphatic carbocycles. The molecule has 160 valence electrons. The Balaban J connectivity index is 1.83. The smallest absolute Gasteiger partial charge is 0.253 e. The lowest BCUT2D eigenvalue weighted by molar-refractivity contribution is -0.116. The Morgan fingerprint density at radius 3 is 2.70 bits per heavy atom. The molecule has 6 heteroatoms. The molecule has 2 N–H and O–H groups in total. The van der Waals surface area contributed by atoms with Crippen LogP contribution in [0.5, 0.6) is 0 Å². The summed E-state index contributed by atoms with van der Waals surface area (Å²) in [5.41, 5.74) is 4.78. The molecule has 0 bridgehead atoms. The van der Waals surface area contributed by atoms with Crippen LogP contribution in [0.25, 0.3) is 0 Å². The van der Waals surface area contributed by atoms with Crippen LogP contribution in [-0.2, 0) is 22.5 Å². The lowest BCUT2D eigenvalue weighted by Crippen LogP contribution is -2.33. The summed E-state index contributed by atoms with van der Waals surface area (Å²) in [4.78, 5) is 27.3. The number of nitrogens with zero attached hydrogens (tertiary/aromatic N) is 1. The summed E-state index contributed by atoms with van der Waals surface area (Å²) in [5.74, 6) is -0.171. The number of carbonyl (C=O) groups excluding carboxylic acids is 2. The first kappa shape index (κ1) is 21.8. The number of benzene rings is 2. The first-order valence-electron chi connectivity index (χ1n) is 10.6. The van der Waals surface area contributed by atoms with Crippen molar-refractivity contribution in [1.29, 1.82) is 0 Å². The minimum Gasteiger partial charge on any atom is -0.385 e. The normalized spacial score (nSPS) is 12.9. The van der Waals surface area contributed by atoms with Gasteiger partial charge in [-0.1, -0.05) is 31.2 Å². The Morgan fingerprint density at radius 2 is 1.93 bits per heavy atom. The van der Waals surface area contributed by atoms with Crippen molar-refractivity contribution in [1.82, 2.24) is 5.32 Å². The minimum atomic E-state index is -0.133. The average molecular weight is 410 g/mol. The zero-order valence-electron chi connectivity index (χ0n) is 17.9. The molecule has 0 fully saturated rings. The highest BCUT2D eigenvalue weighted by molar-refractivity contribution is 6.02. The molecule has 0 unspecified atom stereocenters. The Hall–Kier alpha value is -2.86. The minimum absolute atomic E-state index is 0.0383. The number of amides is 2. The molecule has 0 spiro atoms. The fourth-order valence-electron chi connectivity index (χ4n) is 3.74. The fourth-order valence-corrected chi connectivity index (χ4v) is 3.74. The van der Waals surface area contributed by atoms with Crippen LogP contribution in [0.2, 0.25) is 0 Å². The largest absolute Gasteiger partial charge is 0.385 e. The van der Waals surface area contributed by atoms with Gasteiger partial charge in [0.2, 0.25) is 5.91 Å². The summed E-state index contributed by atoms with van der Waals surface area (Å²) in [7, 11) is 1.65. The lowest BCUT2D eigenvalue weighted by atomic mass is 9.98. The van der Waals surface area contributed by atoms with E-state index in [0.717, 1.165) is 38.0 Å². The van der Waals surface area contributed by atoms with Gasteiger partial charge in [-0.15, -0.1) is 0 Å². The van der Waals surface area contributed by atoms with Gasteiger partial charge in [0.1, 0.15) is 0 Å². The van der Waals surface area contributed by atoms with Crippen molar-refractivity contribution in [2.75, 3.05) is 37.0 Å². The lowest BCUT2D eigenvalue weighted by Gasteiger charge is -2.32. The van der Waals surface area contributed by atoms with E-state index in [9.17, 15) is 9.59 Å². The zero-order chi connectivity index (χ0) is 21.3. The summed E-state index contributed by atoms with van der Waals surface area (Å²) in [6.45, 7) is 4.73. The molecule has 1 heterocycles. The summed E-state index contributed by atoms with van der Waals surface area (Å²) >= 11 is 0. The number of hydrogen-bond acceptors (Lipinski definition) is 4. The maximum Gasteiger partial charge on any atom is 0.253 e. The molecule has 0 saturated heterocycles. The van der Waals surface area contributed by atoms with Gasteiger partial charge in [-0.2, -0.15) is 0 Å². The molecule has 0 atom stereocenters. The molecule has 30 heavy (non-hydrogen) atoms. The van der Waals surface area contributed by atoms with E-state index in [1.54, 1.807) is 13.2 Å². The number of methoxy groups -OCH3 is 1. The Bertz CT molecular complexity index is 882. The van der Waals surface area contributed by atoms with Crippen molar-refractivity contribution in [3.05, 3.63) is 59.2 Å². The predicted octanol–water partition coefficient (Wildman–Crippen LogP) is 3.75. The van der Waals surface area contributed by atoms with Crippen LogP contribution in [0.1, 0.15) is 47.7 Å². The van der Waals surface area contributed by atoms with Crippen LogP contribution in [0.15, 0.2) is 42.5 Å². The number of anilines is 2. The molecule has 1 aliphatic heterocycles. The SMILES string of the molecule is CCCC(=O)Nc1ccc(N2CCc3ccccc3C2)c(C(=O)NCCCOC)c1. The van der Waals surface area contributed by atoms with Gasteiger partial charge in [-0.3, -0.25) is 9.59 Å². The van der Waals surface area contributed by atoms with Gasteiger partial charge >= 0.3 is 0 Å². The van der Waals surface area contributed by atoms with Crippen LogP contribution in [-0.4, -0.2) is 38.6 Å². The van der Waals surface area contributed by atoms with Crippen molar-refractivity contribution in [3.8, 4) is 0 Å². The van der Waals surface area contributed by atoms with Gasteiger partial charge in [-0.05, 0) is 48.6 Å². The van der Waals surface area contributed by atoms with E-state index in [1.165, 1.54) is 11.1 Å². The first-order valence-corrected chi connectivity index (χ1v) is 10.6. The van der Waals surface area contributed by atoms with Crippen molar-refractivity contribution in [2.24, 2.45) is 0 Å². The number of carbonyl (C=O) groups is 2. The van der Waals surface area contributed by atoms with Crippen molar-refractivity contribution in [2.45, 2.75) is 39.2 Å². The second-order valence-corrected chi connectivity index (χ2v) is 7.57. The Morgan fingerprint density at radius 1 is 1.13 bits per heavy atom. The maximum atomic E-state index is 13.0. The van der Waals surface area contributed by atoms with Crippen molar-refractivity contribution in [3.63, 3.8) is 0 Å². The van der Waals surface area contributed by atoms with Gasteiger partial charge in [0.15, 0.2) is 0 Å². The molecule has 2 aromatic rings. The molecule has 0 aromatic heterocycles. The van der Waals surface area contributed by atoms with E-state index in [0.29, 0.717) is 30.8 Å². The third kappa shape index (κ3) is 5.60. The van der Waals surface area contributed by atoms with Gasteiger partial charge in [0.25, 0.3) is 5.91 Å². The Labute approximate surface area is 178 Å². The van der Waals surface area contributed by atoms with Crippen molar-refractivity contribution < 1.29 is 14.3 Å². The zero-order valence-corrected chi connectivity index (χ0v) is 17.9. The summed E-state index contributed by atoms with van der Waals surface area (Å²) in [6.07, 6.45) is 2.94. The van der Waals surface area contributed by atoms with E-state index in [2.05, 4.69) is 39.8 Å². The van der Waals surface area contributed by atoms with Gasteiger partial charge in [0, 0.05) is 51.1 Å². The summed E-state index contributed by atoms with van der Waals surface area (Å²) in [6, 6.07) is 14.0. The predicted molar refractivity (Wildman–Crippen MR) is 120 cm³/mol. The van der Waals surface area contributed by atoms with E-state index in [-0.39, 0.29) is 11.8 Å². The number of hydrogen-bond donors (Lipinski definition) is 2. The first-order chi connectivity index (χ1) is 14.6. The van der Waals surface area contributed by atoms with E-state index < -0.39 is 0 Å². The topological polar surface area (TPSA) is 70.7 Å². The molecule has 1 aliphatic rings. The van der Waals surface area contributed by atoms with Gasteiger partial charge < -0.3 is 20.3 Å². The van der Waals surface area contributed by atoms with Gasteiger partial charge in [0.05, 0.1) is 5.56 Å². The van der Waals surface area contributed by atoms with Gasteiger partial charge in [-0.25, -0.2) is 0 Å². The third-order valence-electron chi connectivity index (χ3n) is 5.28. The van der Waals surface area contributed by atoms with Crippen LogP contribution in [0, 0.1) is 0 Å². The van der Waals surface area contributed by atoms with Crippen LogP contribution in [0.4, 0.5) is 11.4 Å². The summed E-state index contributed by atoms with van der Waals surface area (Å²) in [5, 5.41) is 5.88. The average Bonchev–Trinajstić information content (AvgIpc) is 2.76. The number of ether oxygens (including phenoxy) is 1. The maximum absolute atomic E-state index is 13.0. The number of nitrogens with one attached hydrogen (secondary N) is 2. The standard InChI is InChI=1S/C24H31N3O3/c1-3-7-23(28)26-20-10-11-22(21(16-20)24(29)25-13-6-15-30-2)27-14-12-18-8-4-5-9-19(18)17-27/h4-5,8-11,16H,3,6-7,12-15,17H2,1-2H3,(H,25,29)(H,26,28). The fraction of sp³-hybridized carbons (Fsp3) is 0.417. The highest BCUT2D eigenvalue weighted by Gasteiger charge is 2.22. The second-order valence-electron chi connectivity index (χ2n) is 7.57.